The fourth-order valence-corrected chi connectivity index (χ4v) is 4.77. The van der Waals surface area contributed by atoms with Gasteiger partial charge in [-0.15, -0.1) is 0 Å². The van der Waals surface area contributed by atoms with Gasteiger partial charge in [-0.25, -0.2) is 4.68 Å². The first-order valence-electron chi connectivity index (χ1n) is 11.5. The van der Waals surface area contributed by atoms with Crippen LogP contribution < -0.4 is 5.32 Å². The molecule has 0 bridgehead atoms. The summed E-state index contributed by atoms with van der Waals surface area (Å²) in [6.07, 6.45) is 5.07. The topological polar surface area (TPSA) is 64.7 Å². The largest absolute Gasteiger partial charge is 0.307 e. The van der Waals surface area contributed by atoms with Gasteiger partial charge in [0.1, 0.15) is 5.82 Å². The molecule has 5 rings (SSSR count). The van der Waals surface area contributed by atoms with Crippen molar-refractivity contribution in [1.82, 2.24) is 19.6 Å². The van der Waals surface area contributed by atoms with Crippen molar-refractivity contribution in [3.05, 3.63) is 100.0 Å². The summed E-state index contributed by atoms with van der Waals surface area (Å²) in [5.74, 6) is 0.648. The van der Waals surface area contributed by atoms with Crippen LogP contribution in [0.2, 0.25) is 0 Å². The van der Waals surface area contributed by atoms with E-state index in [1.165, 1.54) is 11.1 Å². The highest BCUT2D eigenvalue weighted by atomic mass is 16.1. The van der Waals surface area contributed by atoms with E-state index in [0.29, 0.717) is 12.1 Å². The van der Waals surface area contributed by atoms with Gasteiger partial charge >= 0.3 is 0 Å². The molecule has 0 fully saturated rings. The molecule has 33 heavy (non-hydrogen) atoms. The molecule has 2 aromatic heterocycles. The Morgan fingerprint density at radius 3 is 2.64 bits per heavy atom. The van der Waals surface area contributed by atoms with Crippen LogP contribution in [0.3, 0.4) is 0 Å². The average molecular weight is 440 g/mol. The second-order valence-electron chi connectivity index (χ2n) is 8.96. The number of hydrogen-bond donors (Lipinski definition) is 1. The summed E-state index contributed by atoms with van der Waals surface area (Å²) >= 11 is 0. The van der Waals surface area contributed by atoms with Crippen LogP contribution in [0, 0.1) is 20.8 Å². The average Bonchev–Trinajstić information content (AvgIpc) is 3.34. The lowest BCUT2D eigenvalue weighted by atomic mass is 9.88. The third-order valence-electron chi connectivity index (χ3n) is 6.50. The van der Waals surface area contributed by atoms with Crippen molar-refractivity contribution in [2.45, 2.75) is 52.6 Å². The van der Waals surface area contributed by atoms with Gasteiger partial charge in [-0.05, 0) is 74.9 Å². The maximum atomic E-state index is 13.1. The molecule has 168 valence electrons. The van der Waals surface area contributed by atoms with Crippen LogP contribution in [0.25, 0.3) is 0 Å². The Kier molecular flexibility index (Phi) is 5.58. The number of hydrogen-bond acceptors (Lipinski definition) is 3. The van der Waals surface area contributed by atoms with Crippen molar-refractivity contribution >= 4 is 11.7 Å². The van der Waals surface area contributed by atoms with Crippen molar-refractivity contribution in [2.75, 3.05) is 5.32 Å². The maximum absolute atomic E-state index is 13.1. The zero-order valence-electron chi connectivity index (χ0n) is 19.4. The fourth-order valence-electron chi connectivity index (χ4n) is 4.77. The van der Waals surface area contributed by atoms with Crippen molar-refractivity contribution in [3.8, 4) is 0 Å². The Hall–Kier alpha value is -3.67. The summed E-state index contributed by atoms with van der Waals surface area (Å²) in [6, 6.07) is 18.5. The number of anilines is 1. The molecule has 6 heteroatoms. The van der Waals surface area contributed by atoms with E-state index in [0.717, 1.165) is 47.6 Å². The zero-order valence-corrected chi connectivity index (χ0v) is 19.4. The van der Waals surface area contributed by atoms with Gasteiger partial charge in [0.25, 0.3) is 5.91 Å². The molecule has 0 saturated carbocycles. The fraction of sp³-hybridized carbons (Fsp3) is 0.296. The Bertz CT molecular complexity index is 1300. The molecule has 1 N–H and O–H groups in total. The minimum atomic E-state index is -0.124. The summed E-state index contributed by atoms with van der Waals surface area (Å²) < 4.78 is 3.97. The molecule has 1 amide bonds. The van der Waals surface area contributed by atoms with Gasteiger partial charge in [-0.1, -0.05) is 36.4 Å². The number of carbonyl (C=O) groups excluding carboxylic acids is 1. The van der Waals surface area contributed by atoms with Crippen LogP contribution >= 0.6 is 0 Å². The molecule has 0 aliphatic heterocycles. The predicted molar refractivity (Wildman–Crippen MR) is 130 cm³/mol. The van der Waals surface area contributed by atoms with Crippen molar-refractivity contribution < 1.29 is 4.79 Å². The molecular formula is C27H29N5O. The van der Waals surface area contributed by atoms with Gasteiger partial charge in [-0.3, -0.25) is 9.48 Å². The molecule has 0 saturated heterocycles. The normalized spacial score (nSPS) is 15.3. The summed E-state index contributed by atoms with van der Waals surface area (Å²) in [6.45, 7) is 6.73. The van der Waals surface area contributed by atoms with E-state index in [2.05, 4.69) is 52.8 Å². The molecule has 0 spiro atoms. The van der Waals surface area contributed by atoms with Gasteiger partial charge < -0.3 is 5.32 Å². The third-order valence-corrected chi connectivity index (χ3v) is 6.50. The molecule has 0 radical (unpaired) electrons. The van der Waals surface area contributed by atoms with Gasteiger partial charge in [0.15, 0.2) is 0 Å². The molecule has 2 heterocycles. The third kappa shape index (κ3) is 4.21. The van der Waals surface area contributed by atoms with E-state index in [4.69, 9.17) is 0 Å². The number of amides is 1. The lowest BCUT2D eigenvalue weighted by Gasteiger charge is -2.27. The summed E-state index contributed by atoms with van der Waals surface area (Å²) in [5.41, 5.74) is 7.51. The van der Waals surface area contributed by atoms with Crippen LogP contribution in [0.1, 0.15) is 62.9 Å². The highest BCUT2D eigenvalue weighted by Crippen LogP contribution is 2.35. The first-order valence-corrected chi connectivity index (χ1v) is 11.5. The highest BCUT2D eigenvalue weighted by molar-refractivity contribution is 6.04. The number of carbonyl (C=O) groups is 1. The van der Waals surface area contributed by atoms with E-state index in [1.54, 1.807) is 0 Å². The molecule has 2 aromatic carbocycles. The van der Waals surface area contributed by atoms with Crippen molar-refractivity contribution in [3.63, 3.8) is 0 Å². The monoisotopic (exact) mass is 439 g/mol. The van der Waals surface area contributed by atoms with E-state index >= 15 is 0 Å². The highest BCUT2D eigenvalue weighted by Gasteiger charge is 2.25. The quantitative estimate of drug-likeness (QED) is 0.463. The van der Waals surface area contributed by atoms with Gasteiger partial charge in [0.2, 0.25) is 0 Å². The van der Waals surface area contributed by atoms with Crippen molar-refractivity contribution in [2.24, 2.45) is 0 Å². The van der Waals surface area contributed by atoms with Crippen LogP contribution in [-0.4, -0.2) is 25.5 Å². The van der Waals surface area contributed by atoms with E-state index in [-0.39, 0.29) is 11.9 Å². The number of aryl methyl sites for hydroxylation is 4. The standard InChI is InChI=1S/C27H29N5O/c1-18-16-28-32(25-10-6-8-22-7-4-5-9-24(22)25)26(18)29-27(33)23-13-11-21(12-14-23)17-31-20(3)15-19(2)30-31/h4-5,7,9,11-16,25H,6,8,10,17H2,1-3H3,(H,29,33). The van der Waals surface area contributed by atoms with Crippen LogP contribution in [0.4, 0.5) is 5.82 Å². The van der Waals surface area contributed by atoms with Crippen molar-refractivity contribution in [1.29, 1.82) is 0 Å². The van der Waals surface area contributed by atoms with Crippen LogP contribution in [-0.2, 0) is 13.0 Å². The number of rotatable bonds is 5. The van der Waals surface area contributed by atoms with Crippen LogP contribution in [0.5, 0.6) is 0 Å². The molecular weight excluding hydrogens is 410 g/mol. The minimum Gasteiger partial charge on any atom is -0.307 e. The SMILES string of the molecule is Cc1cc(C)n(Cc2ccc(C(=O)Nc3c(C)cnn3C3CCCc4ccccc43)cc2)n1. The number of benzene rings is 2. The summed E-state index contributed by atoms with van der Waals surface area (Å²) in [7, 11) is 0. The van der Waals surface area contributed by atoms with E-state index < -0.39 is 0 Å². The van der Waals surface area contributed by atoms with Gasteiger partial charge in [-0.2, -0.15) is 10.2 Å². The first-order chi connectivity index (χ1) is 16.0. The van der Waals surface area contributed by atoms with Gasteiger partial charge in [0.05, 0.1) is 24.5 Å². The molecule has 1 aliphatic carbocycles. The van der Waals surface area contributed by atoms with E-state index in [9.17, 15) is 4.79 Å². The molecule has 1 aliphatic rings. The van der Waals surface area contributed by atoms with Gasteiger partial charge in [0, 0.05) is 16.8 Å². The Balaban J connectivity index is 1.35. The Morgan fingerprint density at radius 2 is 1.88 bits per heavy atom. The first kappa shape index (κ1) is 21.2. The smallest absolute Gasteiger partial charge is 0.256 e. The number of fused-ring (bicyclic) bond motifs is 1. The molecule has 6 nitrogen and oxygen atoms in total. The zero-order chi connectivity index (χ0) is 22.9. The molecule has 1 unspecified atom stereocenters. The molecule has 1 atom stereocenters. The van der Waals surface area contributed by atoms with Crippen LogP contribution in [0.15, 0.2) is 60.8 Å². The summed E-state index contributed by atoms with van der Waals surface area (Å²) in [4.78, 5) is 13.1. The number of nitrogens with one attached hydrogen (secondary N) is 1. The second kappa shape index (κ2) is 8.70. The second-order valence-corrected chi connectivity index (χ2v) is 8.96. The molecule has 4 aromatic rings. The lowest BCUT2D eigenvalue weighted by molar-refractivity contribution is 0.102. The minimum absolute atomic E-state index is 0.124. The lowest BCUT2D eigenvalue weighted by Crippen LogP contribution is -2.22. The number of aromatic nitrogens is 4. The predicted octanol–water partition coefficient (Wildman–Crippen LogP) is 5.23. The Morgan fingerprint density at radius 1 is 1.09 bits per heavy atom. The Labute approximate surface area is 194 Å². The number of nitrogens with zero attached hydrogens (tertiary/aromatic N) is 4. The van der Waals surface area contributed by atoms with E-state index in [1.807, 2.05) is 53.7 Å². The summed E-state index contributed by atoms with van der Waals surface area (Å²) in [5, 5.41) is 12.3. The maximum Gasteiger partial charge on any atom is 0.256 e.